The zero-order valence-corrected chi connectivity index (χ0v) is 7.74. The van der Waals surface area contributed by atoms with E-state index in [2.05, 4.69) is 23.1 Å². The molecule has 0 saturated carbocycles. The van der Waals surface area contributed by atoms with Gasteiger partial charge in [0.15, 0.2) is 0 Å². The third-order valence-electron chi connectivity index (χ3n) is 2.61. The van der Waals surface area contributed by atoms with E-state index in [9.17, 15) is 0 Å². The van der Waals surface area contributed by atoms with Crippen LogP contribution in [0.1, 0.15) is 12.8 Å². The van der Waals surface area contributed by atoms with Crippen LogP contribution in [0.5, 0.6) is 0 Å². The van der Waals surface area contributed by atoms with Gasteiger partial charge in [0.2, 0.25) is 0 Å². The van der Waals surface area contributed by atoms with E-state index in [-0.39, 0.29) is 0 Å². The van der Waals surface area contributed by atoms with E-state index < -0.39 is 0 Å². The maximum absolute atomic E-state index is 5.84. The molecule has 1 radical (unpaired) electrons. The second kappa shape index (κ2) is 3.79. The molecular weight excluding hydrogens is 160 g/mol. The van der Waals surface area contributed by atoms with Crippen LogP contribution < -0.4 is 10.6 Å². The molecule has 2 rings (SSSR count). The Hall–Kier alpha value is -1.02. The van der Waals surface area contributed by atoms with Crippen molar-refractivity contribution in [1.82, 2.24) is 0 Å². The predicted molar refractivity (Wildman–Crippen MR) is 54.7 cm³/mol. The highest BCUT2D eigenvalue weighted by atomic mass is 15.1. The molecular formula is C11H15N2. The van der Waals surface area contributed by atoms with Crippen LogP contribution in [0.2, 0.25) is 0 Å². The normalized spacial score (nSPS) is 19.0. The average Bonchev–Trinajstić information content (AvgIpc) is 2.20. The molecule has 0 aliphatic carbocycles. The van der Waals surface area contributed by atoms with Crippen LogP contribution in [0.15, 0.2) is 24.3 Å². The van der Waals surface area contributed by atoms with E-state index in [1.165, 1.54) is 5.69 Å². The smallest absolute Gasteiger partial charge is 0.0366 e. The molecule has 0 aromatic heterocycles. The van der Waals surface area contributed by atoms with Crippen molar-refractivity contribution in [2.75, 3.05) is 18.0 Å². The Kier molecular flexibility index (Phi) is 2.50. The maximum atomic E-state index is 5.84. The molecule has 0 atom stereocenters. The standard InChI is InChI=1S/C11H15N2/c12-10-6-8-13(9-7-10)11-4-2-1-3-5-11/h2-5,10H,6-9,12H2. The highest BCUT2D eigenvalue weighted by molar-refractivity contribution is 5.46. The summed E-state index contributed by atoms with van der Waals surface area (Å²) in [6.45, 7) is 2.18. The SMILES string of the molecule is NC1CCN(c2cc[c]cc2)CC1. The van der Waals surface area contributed by atoms with Crippen molar-refractivity contribution in [2.24, 2.45) is 5.73 Å². The van der Waals surface area contributed by atoms with Crippen molar-refractivity contribution in [3.8, 4) is 0 Å². The number of hydrogen-bond donors (Lipinski definition) is 1. The summed E-state index contributed by atoms with van der Waals surface area (Å²) in [5, 5.41) is 0. The minimum absolute atomic E-state index is 0.409. The molecule has 1 saturated heterocycles. The minimum Gasteiger partial charge on any atom is -0.371 e. The van der Waals surface area contributed by atoms with Gasteiger partial charge in [-0.1, -0.05) is 12.1 Å². The number of nitrogens with two attached hydrogens (primary N) is 1. The minimum atomic E-state index is 0.409. The van der Waals surface area contributed by atoms with Crippen molar-refractivity contribution in [3.05, 3.63) is 30.3 Å². The lowest BCUT2D eigenvalue weighted by Gasteiger charge is -2.31. The molecule has 2 nitrogen and oxygen atoms in total. The molecule has 2 heteroatoms. The molecule has 1 aromatic rings. The number of benzene rings is 1. The van der Waals surface area contributed by atoms with Gasteiger partial charge in [-0.2, -0.15) is 0 Å². The first-order chi connectivity index (χ1) is 6.36. The Morgan fingerprint density at radius 3 is 2.46 bits per heavy atom. The molecule has 2 N–H and O–H groups in total. The largest absolute Gasteiger partial charge is 0.371 e. The van der Waals surface area contributed by atoms with Crippen molar-refractivity contribution in [2.45, 2.75) is 18.9 Å². The molecule has 69 valence electrons. The van der Waals surface area contributed by atoms with Crippen LogP contribution in [-0.4, -0.2) is 19.1 Å². The van der Waals surface area contributed by atoms with Gasteiger partial charge in [-0.05, 0) is 31.0 Å². The fraction of sp³-hybridized carbons (Fsp3) is 0.455. The van der Waals surface area contributed by atoms with E-state index in [0.717, 1.165) is 25.9 Å². The van der Waals surface area contributed by atoms with Crippen LogP contribution >= 0.6 is 0 Å². The van der Waals surface area contributed by atoms with E-state index in [4.69, 9.17) is 5.73 Å². The fourth-order valence-electron chi connectivity index (χ4n) is 1.75. The van der Waals surface area contributed by atoms with Crippen molar-refractivity contribution in [3.63, 3.8) is 0 Å². The quantitative estimate of drug-likeness (QED) is 0.699. The zero-order chi connectivity index (χ0) is 9.10. The number of rotatable bonds is 1. The van der Waals surface area contributed by atoms with E-state index in [1.54, 1.807) is 0 Å². The number of anilines is 1. The molecule has 13 heavy (non-hydrogen) atoms. The molecule has 1 aromatic carbocycles. The summed E-state index contributed by atoms with van der Waals surface area (Å²) >= 11 is 0. The Labute approximate surface area is 79.4 Å². The lowest BCUT2D eigenvalue weighted by molar-refractivity contribution is 0.501. The second-order valence-corrected chi connectivity index (χ2v) is 3.58. The topological polar surface area (TPSA) is 29.3 Å². The Morgan fingerprint density at radius 2 is 1.85 bits per heavy atom. The van der Waals surface area contributed by atoms with Gasteiger partial charge in [-0.3, -0.25) is 0 Å². The van der Waals surface area contributed by atoms with E-state index in [1.807, 2.05) is 12.1 Å². The van der Waals surface area contributed by atoms with Gasteiger partial charge >= 0.3 is 0 Å². The monoisotopic (exact) mass is 175 g/mol. The number of nitrogens with zero attached hydrogens (tertiary/aromatic N) is 1. The highest BCUT2D eigenvalue weighted by Crippen LogP contribution is 2.18. The van der Waals surface area contributed by atoms with Gasteiger partial charge in [0.1, 0.15) is 0 Å². The van der Waals surface area contributed by atoms with Crippen LogP contribution in [-0.2, 0) is 0 Å². The first-order valence-corrected chi connectivity index (χ1v) is 4.83. The summed E-state index contributed by atoms with van der Waals surface area (Å²) in [5.74, 6) is 0. The summed E-state index contributed by atoms with van der Waals surface area (Å²) in [4.78, 5) is 2.39. The third-order valence-corrected chi connectivity index (χ3v) is 2.61. The molecule has 0 spiro atoms. The van der Waals surface area contributed by atoms with Gasteiger partial charge in [0.25, 0.3) is 0 Å². The van der Waals surface area contributed by atoms with Gasteiger partial charge < -0.3 is 10.6 Å². The Morgan fingerprint density at radius 1 is 1.23 bits per heavy atom. The predicted octanol–water partition coefficient (Wildman–Crippen LogP) is 1.41. The second-order valence-electron chi connectivity index (χ2n) is 3.58. The summed E-state index contributed by atoms with van der Waals surface area (Å²) in [6, 6.07) is 11.6. The van der Waals surface area contributed by atoms with Gasteiger partial charge in [-0.15, -0.1) is 0 Å². The average molecular weight is 175 g/mol. The Balaban J connectivity index is 2.03. The van der Waals surface area contributed by atoms with Gasteiger partial charge in [0, 0.05) is 24.8 Å². The lowest BCUT2D eigenvalue weighted by atomic mass is 10.1. The van der Waals surface area contributed by atoms with Gasteiger partial charge in [0.05, 0.1) is 0 Å². The molecule has 0 amide bonds. The first kappa shape index (κ1) is 8.57. The molecule has 1 aliphatic rings. The first-order valence-electron chi connectivity index (χ1n) is 4.83. The third kappa shape index (κ3) is 2.01. The van der Waals surface area contributed by atoms with Crippen molar-refractivity contribution >= 4 is 5.69 Å². The summed E-state index contributed by atoms with van der Waals surface area (Å²) in [5.41, 5.74) is 7.14. The fourth-order valence-corrected chi connectivity index (χ4v) is 1.75. The lowest BCUT2D eigenvalue weighted by Crippen LogP contribution is -2.39. The molecule has 1 aliphatic heterocycles. The number of piperidine rings is 1. The molecule has 0 bridgehead atoms. The molecule has 1 heterocycles. The molecule has 1 fully saturated rings. The zero-order valence-electron chi connectivity index (χ0n) is 7.74. The maximum Gasteiger partial charge on any atom is 0.0366 e. The van der Waals surface area contributed by atoms with Crippen LogP contribution in [0.3, 0.4) is 0 Å². The van der Waals surface area contributed by atoms with Crippen LogP contribution in [0, 0.1) is 6.07 Å². The van der Waals surface area contributed by atoms with Crippen molar-refractivity contribution in [1.29, 1.82) is 0 Å². The number of hydrogen-bond acceptors (Lipinski definition) is 2. The van der Waals surface area contributed by atoms with Crippen LogP contribution in [0.25, 0.3) is 0 Å². The van der Waals surface area contributed by atoms with Gasteiger partial charge in [-0.25, -0.2) is 0 Å². The van der Waals surface area contributed by atoms with E-state index >= 15 is 0 Å². The summed E-state index contributed by atoms with van der Waals surface area (Å²) in [7, 11) is 0. The van der Waals surface area contributed by atoms with Crippen molar-refractivity contribution < 1.29 is 0 Å². The Bertz CT molecular complexity index is 250. The van der Waals surface area contributed by atoms with Crippen LogP contribution in [0.4, 0.5) is 5.69 Å². The highest BCUT2D eigenvalue weighted by Gasteiger charge is 2.15. The molecule has 0 unspecified atom stereocenters. The van der Waals surface area contributed by atoms with E-state index in [0.29, 0.717) is 6.04 Å². The summed E-state index contributed by atoms with van der Waals surface area (Å²) in [6.07, 6.45) is 2.22. The summed E-state index contributed by atoms with van der Waals surface area (Å²) < 4.78 is 0.